The highest BCUT2D eigenvalue weighted by Crippen LogP contribution is 2.15. The zero-order valence-electron chi connectivity index (χ0n) is 12.6. The van der Waals surface area contributed by atoms with E-state index in [9.17, 15) is 4.79 Å². The van der Waals surface area contributed by atoms with Crippen LogP contribution in [-0.2, 0) is 7.05 Å². The van der Waals surface area contributed by atoms with Gasteiger partial charge in [-0.05, 0) is 35.8 Å². The fourth-order valence-corrected chi connectivity index (χ4v) is 1.84. The van der Waals surface area contributed by atoms with E-state index < -0.39 is 0 Å². The molecule has 0 N–H and O–H groups in total. The zero-order valence-corrected chi connectivity index (χ0v) is 12.6. The molecule has 0 unspecified atom stereocenters. The molecule has 110 valence electrons. The minimum absolute atomic E-state index is 0.0662. The van der Waals surface area contributed by atoms with Gasteiger partial charge in [0.15, 0.2) is 0 Å². The summed E-state index contributed by atoms with van der Waals surface area (Å²) >= 11 is 0. The van der Waals surface area contributed by atoms with Gasteiger partial charge >= 0.3 is 0 Å². The van der Waals surface area contributed by atoms with Gasteiger partial charge in [-0.2, -0.15) is 5.10 Å². The van der Waals surface area contributed by atoms with E-state index in [2.05, 4.69) is 18.9 Å². The summed E-state index contributed by atoms with van der Waals surface area (Å²) in [6.07, 6.45) is 4.96. The molecule has 0 saturated carbocycles. The van der Waals surface area contributed by atoms with Crippen molar-refractivity contribution in [3.8, 4) is 5.75 Å². The lowest BCUT2D eigenvalue weighted by Gasteiger charge is -2.08. The SMILES string of the molecule is CC(C)COc1cccc(/C=C/C(=O)c2ccnn2C)c1. The van der Waals surface area contributed by atoms with Crippen molar-refractivity contribution in [3.63, 3.8) is 0 Å². The average molecular weight is 284 g/mol. The Balaban J connectivity index is 2.05. The summed E-state index contributed by atoms with van der Waals surface area (Å²) in [5.74, 6) is 1.23. The Labute approximate surface area is 125 Å². The summed E-state index contributed by atoms with van der Waals surface area (Å²) < 4.78 is 7.24. The third-order valence-electron chi connectivity index (χ3n) is 2.94. The molecule has 1 aromatic carbocycles. The van der Waals surface area contributed by atoms with Crippen LogP contribution in [0.1, 0.15) is 29.9 Å². The molecule has 0 aliphatic rings. The van der Waals surface area contributed by atoms with Crippen molar-refractivity contribution in [1.29, 1.82) is 0 Å². The molecule has 1 aromatic heterocycles. The van der Waals surface area contributed by atoms with Gasteiger partial charge in [0.2, 0.25) is 5.78 Å². The Kier molecular flexibility index (Phi) is 4.93. The van der Waals surface area contributed by atoms with Crippen molar-refractivity contribution in [2.75, 3.05) is 6.61 Å². The summed E-state index contributed by atoms with van der Waals surface area (Å²) in [6.45, 7) is 4.90. The highest BCUT2D eigenvalue weighted by molar-refractivity contribution is 6.05. The molecular formula is C17H20N2O2. The van der Waals surface area contributed by atoms with Crippen LogP contribution in [0.3, 0.4) is 0 Å². The van der Waals surface area contributed by atoms with Crippen molar-refractivity contribution in [2.24, 2.45) is 13.0 Å². The average Bonchev–Trinajstić information content (AvgIpc) is 2.89. The summed E-state index contributed by atoms with van der Waals surface area (Å²) in [5, 5.41) is 3.99. The topological polar surface area (TPSA) is 44.1 Å². The lowest BCUT2D eigenvalue weighted by atomic mass is 10.1. The number of aryl methyl sites for hydroxylation is 1. The third kappa shape index (κ3) is 4.31. The van der Waals surface area contributed by atoms with Crippen LogP contribution in [0.25, 0.3) is 6.08 Å². The lowest BCUT2D eigenvalue weighted by Crippen LogP contribution is -2.04. The molecule has 0 atom stereocenters. The second kappa shape index (κ2) is 6.88. The summed E-state index contributed by atoms with van der Waals surface area (Å²) in [7, 11) is 1.75. The number of allylic oxidation sites excluding steroid dienone is 1. The number of rotatable bonds is 6. The zero-order chi connectivity index (χ0) is 15.2. The minimum atomic E-state index is -0.0662. The van der Waals surface area contributed by atoms with Crippen LogP contribution < -0.4 is 4.74 Å². The number of ether oxygens (including phenoxy) is 1. The number of hydrogen-bond donors (Lipinski definition) is 0. The van der Waals surface area contributed by atoms with Gasteiger partial charge < -0.3 is 4.74 Å². The van der Waals surface area contributed by atoms with E-state index in [0.717, 1.165) is 11.3 Å². The second-order valence-electron chi connectivity index (χ2n) is 5.31. The van der Waals surface area contributed by atoms with Gasteiger partial charge in [-0.3, -0.25) is 9.48 Å². The second-order valence-corrected chi connectivity index (χ2v) is 5.31. The first-order valence-electron chi connectivity index (χ1n) is 6.99. The van der Waals surface area contributed by atoms with Crippen molar-refractivity contribution in [1.82, 2.24) is 9.78 Å². The Bertz CT molecular complexity index is 642. The van der Waals surface area contributed by atoms with Gasteiger partial charge in [0, 0.05) is 13.2 Å². The molecular weight excluding hydrogens is 264 g/mol. The molecule has 0 saturated heterocycles. The molecule has 0 aliphatic heterocycles. The first kappa shape index (κ1) is 15.0. The molecule has 0 aliphatic carbocycles. The first-order chi connectivity index (χ1) is 10.1. The number of benzene rings is 1. The molecule has 0 radical (unpaired) electrons. The fraction of sp³-hybridized carbons (Fsp3) is 0.294. The van der Waals surface area contributed by atoms with Crippen LogP contribution in [0.4, 0.5) is 0 Å². The van der Waals surface area contributed by atoms with Gasteiger partial charge in [0.05, 0.1) is 6.61 Å². The van der Waals surface area contributed by atoms with Crippen LogP contribution in [0.2, 0.25) is 0 Å². The van der Waals surface area contributed by atoms with E-state index in [0.29, 0.717) is 18.2 Å². The van der Waals surface area contributed by atoms with Gasteiger partial charge in [-0.15, -0.1) is 0 Å². The van der Waals surface area contributed by atoms with Gasteiger partial charge in [0.1, 0.15) is 11.4 Å². The van der Waals surface area contributed by atoms with Crippen LogP contribution in [0.15, 0.2) is 42.6 Å². The number of aromatic nitrogens is 2. The van der Waals surface area contributed by atoms with E-state index in [-0.39, 0.29) is 5.78 Å². The fourth-order valence-electron chi connectivity index (χ4n) is 1.84. The Hall–Kier alpha value is -2.36. The smallest absolute Gasteiger partial charge is 0.203 e. The van der Waals surface area contributed by atoms with E-state index in [1.807, 2.05) is 24.3 Å². The predicted octanol–water partition coefficient (Wildman–Crippen LogP) is 3.35. The van der Waals surface area contributed by atoms with Crippen LogP contribution in [0.5, 0.6) is 5.75 Å². The molecule has 4 heteroatoms. The van der Waals surface area contributed by atoms with Crippen LogP contribution in [-0.4, -0.2) is 22.2 Å². The monoisotopic (exact) mass is 284 g/mol. The third-order valence-corrected chi connectivity index (χ3v) is 2.94. The van der Waals surface area contributed by atoms with Gasteiger partial charge in [-0.1, -0.05) is 32.1 Å². The van der Waals surface area contributed by atoms with Crippen LogP contribution in [0, 0.1) is 5.92 Å². The van der Waals surface area contributed by atoms with Crippen molar-refractivity contribution >= 4 is 11.9 Å². The minimum Gasteiger partial charge on any atom is -0.493 e. The lowest BCUT2D eigenvalue weighted by molar-refractivity contribution is 0.103. The summed E-state index contributed by atoms with van der Waals surface area (Å²) in [4.78, 5) is 12.0. The Morgan fingerprint density at radius 2 is 2.19 bits per heavy atom. The van der Waals surface area contributed by atoms with Gasteiger partial charge in [-0.25, -0.2) is 0 Å². The molecule has 0 amide bonds. The Morgan fingerprint density at radius 3 is 2.86 bits per heavy atom. The predicted molar refractivity (Wildman–Crippen MR) is 83.3 cm³/mol. The molecule has 0 spiro atoms. The van der Waals surface area contributed by atoms with E-state index in [4.69, 9.17) is 4.74 Å². The van der Waals surface area contributed by atoms with E-state index in [1.165, 1.54) is 0 Å². The quantitative estimate of drug-likeness (QED) is 0.603. The first-order valence-corrected chi connectivity index (χ1v) is 6.99. The maximum atomic E-state index is 12.0. The highest BCUT2D eigenvalue weighted by atomic mass is 16.5. The Morgan fingerprint density at radius 1 is 1.38 bits per heavy atom. The number of nitrogens with zero attached hydrogens (tertiary/aromatic N) is 2. The van der Waals surface area contributed by atoms with E-state index >= 15 is 0 Å². The molecule has 4 nitrogen and oxygen atoms in total. The van der Waals surface area contributed by atoms with Gasteiger partial charge in [0.25, 0.3) is 0 Å². The van der Waals surface area contributed by atoms with Crippen LogP contribution >= 0.6 is 0 Å². The summed E-state index contributed by atoms with van der Waals surface area (Å²) in [6, 6.07) is 9.41. The largest absolute Gasteiger partial charge is 0.493 e. The van der Waals surface area contributed by atoms with Crippen molar-refractivity contribution < 1.29 is 9.53 Å². The molecule has 21 heavy (non-hydrogen) atoms. The molecule has 0 fully saturated rings. The molecule has 0 bridgehead atoms. The maximum absolute atomic E-state index is 12.0. The van der Waals surface area contributed by atoms with Crippen molar-refractivity contribution in [2.45, 2.75) is 13.8 Å². The molecule has 1 heterocycles. The number of carbonyl (C=O) groups is 1. The maximum Gasteiger partial charge on any atom is 0.203 e. The highest BCUT2D eigenvalue weighted by Gasteiger charge is 2.05. The van der Waals surface area contributed by atoms with E-state index in [1.54, 1.807) is 36.1 Å². The van der Waals surface area contributed by atoms with Crippen molar-refractivity contribution in [3.05, 3.63) is 53.9 Å². The number of hydrogen-bond acceptors (Lipinski definition) is 3. The number of ketones is 1. The normalized spacial score (nSPS) is 11.2. The standard InChI is InChI=1S/C17H20N2O2/c1-13(2)12-21-15-6-4-5-14(11-15)7-8-17(20)16-9-10-18-19(16)3/h4-11,13H,12H2,1-3H3/b8-7+. The molecule has 2 aromatic rings. The summed E-state index contributed by atoms with van der Waals surface area (Å²) in [5.41, 5.74) is 1.50. The molecule has 2 rings (SSSR count). The number of carbonyl (C=O) groups excluding carboxylic acids is 1.